The Morgan fingerprint density at radius 3 is 2.59 bits per heavy atom. The molecule has 0 aliphatic heterocycles. The Labute approximate surface area is 172 Å². The van der Waals surface area contributed by atoms with Crippen molar-refractivity contribution in [1.29, 1.82) is 5.26 Å². The van der Waals surface area contributed by atoms with Crippen molar-refractivity contribution in [3.8, 4) is 11.8 Å². The number of ether oxygens (including phenoxy) is 1. The van der Waals surface area contributed by atoms with Gasteiger partial charge in [0.15, 0.2) is 0 Å². The molecule has 27 heavy (non-hydrogen) atoms. The predicted octanol–water partition coefficient (Wildman–Crippen LogP) is 4.66. The van der Waals surface area contributed by atoms with Gasteiger partial charge in [-0.2, -0.15) is 35.6 Å². The molecule has 0 amide bonds. The van der Waals surface area contributed by atoms with Crippen LogP contribution in [0, 0.1) is 17.4 Å². The normalized spacial score (nSPS) is 9.59. The summed E-state index contributed by atoms with van der Waals surface area (Å²) in [5, 5.41) is 9.12. The quantitative estimate of drug-likeness (QED) is 0.424. The minimum atomic E-state index is 0.574. The third-order valence-corrected chi connectivity index (χ3v) is 3.86. The first-order valence-electron chi connectivity index (χ1n) is 8.10. The van der Waals surface area contributed by atoms with E-state index in [-0.39, 0.29) is 0 Å². The fraction of sp³-hybridized carbons (Fsp3) is 0.143. The first-order valence-corrected chi connectivity index (χ1v) is 9.39. The molecule has 0 bridgehead atoms. The Kier molecular flexibility index (Phi) is 8.67. The van der Waals surface area contributed by atoms with Crippen LogP contribution in [-0.2, 0) is 28.2 Å². The number of nitriles is 1. The Hall–Kier alpha value is -2.51. The van der Waals surface area contributed by atoms with Crippen LogP contribution in [-0.4, -0.2) is 12.1 Å². The third-order valence-electron chi connectivity index (χ3n) is 3.86. The van der Waals surface area contributed by atoms with Gasteiger partial charge in [-0.3, -0.25) is 4.98 Å². The van der Waals surface area contributed by atoms with E-state index in [9.17, 15) is 0 Å². The summed E-state index contributed by atoms with van der Waals surface area (Å²) in [4.78, 5) is 6.60. The Balaban J connectivity index is 0.00000126. The van der Waals surface area contributed by atoms with Gasteiger partial charge in [0.2, 0.25) is 0 Å². The van der Waals surface area contributed by atoms with Gasteiger partial charge >= 0.3 is 25.2 Å². The Bertz CT molecular complexity index is 828. The fourth-order valence-corrected chi connectivity index (χ4v) is 2.66. The molecule has 0 aliphatic carbocycles. The van der Waals surface area contributed by atoms with Gasteiger partial charge in [-0.05, 0) is 24.3 Å². The molecule has 6 heteroatoms. The first kappa shape index (κ1) is 20.8. The summed E-state index contributed by atoms with van der Waals surface area (Å²) in [5.74, 6) is 0.672. The second-order valence-corrected chi connectivity index (χ2v) is 5.56. The van der Waals surface area contributed by atoms with Crippen LogP contribution in [0.15, 0.2) is 66.9 Å². The molecular weight excluding hydrogens is 409 g/mol. The number of benzene rings is 2. The number of halogens is 1. The minimum absolute atomic E-state index is 0.574. The van der Waals surface area contributed by atoms with Crippen LogP contribution < -0.4 is 9.64 Å². The van der Waals surface area contributed by atoms with Gasteiger partial charge < -0.3 is 9.64 Å². The maximum atomic E-state index is 9.12. The standard InChI is InChI=1S/C21H18N3O.ClH.Cu/c1-25-21-13-18(14-22)10-11-20(21)24(15-17-7-3-2-4-8-17)16-19-9-5-6-12-23-19;;/h2-7,9-13H,15-16H2,1H3;1H;/q-1;;+1/p-1. The molecule has 0 atom stereocenters. The number of hydrogen-bond acceptors (Lipinski definition) is 4. The molecule has 0 saturated heterocycles. The van der Waals surface area contributed by atoms with E-state index in [2.05, 4.69) is 47.2 Å². The number of pyridine rings is 1. The van der Waals surface area contributed by atoms with Crippen LogP contribution in [0.3, 0.4) is 0 Å². The van der Waals surface area contributed by atoms with E-state index in [4.69, 9.17) is 10.00 Å². The molecule has 0 spiro atoms. The van der Waals surface area contributed by atoms with E-state index < -0.39 is 0 Å². The van der Waals surface area contributed by atoms with E-state index in [0.29, 0.717) is 24.4 Å². The van der Waals surface area contributed by atoms with Crippen molar-refractivity contribution in [3.05, 3.63) is 89.7 Å². The molecule has 1 heterocycles. The van der Waals surface area contributed by atoms with Crippen LogP contribution >= 0.6 is 10.1 Å². The number of anilines is 1. The van der Waals surface area contributed by atoms with Crippen molar-refractivity contribution in [3.63, 3.8) is 0 Å². The second kappa shape index (κ2) is 11.3. The third kappa shape index (κ3) is 6.01. The Morgan fingerprint density at radius 2 is 1.96 bits per heavy atom. The monoisotopic (exact) mass is 426 g/mol. The average Bonchev–Trinajstić information content (AvgIpc) is 2.75. The van der Waals surface area contributed by atoms with Gasteiger partial charge in [0.25, 0.3) is 0 Å². The van der Waals surface area contributed by atoms with Crippen LogP contribution in [0.5, 0.6) is 5.75 Å². The van der Waals surface area contributed by atoms with E-state index in [1.807, 2.05) is 48.5 Å². The molecule has 3 aromatic rings. The van der Waals surface area contributed by atoms with Crippen molar-refractivity contribution in [2.75, 3.05) is 12.0 Å². The van der Waals surface area contributed by atoms with Gasteiger partial charge in [-0.15, -0.1) is 5.56 Å². The van der Waals surface area contributed by atoms with E-state index in [1.165, 1.54) is 0 Å². The summed E-state index contributed by atoms with van der Waals surface area (Å²) in [6, 6.07) is 24.7. The Morgan fingerprint density at radius 1 is 1.15 bits per heavy atom. The molecule has 0 unspecified atom stereocenters. The van der Waals surface area contributed by atoms with Crippen LogP contribution in [0.4, 0.5) is 5.69 Å². The number of methoxy groups -OCH3 is 1. The zero-order chi connectivity index (χ0) is 19.5. The zero-order valence-electron chi connectivity index (χ0n) is 14.7. The molecule has 0 N–H and O–H groups in total. The molecule has 4 nitrogen and oxygen atoms in total. The molecular formula is C21H18ClCuN3O-. The molecule has 142 valence electrons. The molecule has 0 saturated carbocycles. The summed E-state index contributed by atoms with van der Waals surface area (Å²) in [7, 11) is 5.82. The molecule has 2 aromatic carbocycles. The van der Waals surface area contributed by atoms with Gasteiger partial charge in [-0.25, -0.2) is 0 Å². The van der Waals surface area contributed by atoms with Crippen LogP contribution in [0.25, 0.3) is 0 Å². The van der Waals surface area contributed by atoms with Crippen molar-refractivity contribution >= 4 is 15.8 Å². The number of rotatable bonds is 6. The maximum absolute atomic E-state index is 9.12. The first-order chi connectivity index (χ1) is 13.3. The summed E-state index contributed by atoms with van der Waals surface area (Å²) in [6.45, 7) is 1.30. The van der Waals surface area contributed by atoms with E-state index >= 15 is 0 Å². The number of aromatic nitrogens is 1. The topological polar surface area (TPSA) is 49.1 Å². The van der Waals surface area contributed by atoms with E-state index in [1.54, 1.807) is 25.4 Å². The van der Waals surface area contributed by atoms with Gasteiger partial charge in [0.05, 0.1) is 36.7 Å². The summed E-state index contributed by atoms with van der Waals surface area (Å²) in [6.07, 6.45) is 1.79. The van der Waals surface area contributed by atoms with Crippen molar-refractivity contribution < 1.29 is 19.8 Å². The average molecular weight is 427 g/mol. The SMILES string of the molecule is COc1cc(C#N)ccc1N(Cc1[c-]cccc1)Cc1ccccn1.[Cl][Cu]. The number of nitrogens with zero attached hydrogens (tertiary/aromatic N) is 3. The molecule has 0 aliphatic rings. The van der Waals surface area contributed by atoms with Gasteiger partial charge in [0, 0.05) is 18.8 Å². The predicted molar refractivity (Wildman–Crippen MR) is 103 cm³/mol. The van der Waals surface area contributed by atoms with Crippen LogP contribution in [0.2, 0.25) is 0 Å². The van der Waals surface area contributed by atoms with Crippen molar-refractivity contribution in [2.24, 2.45) is 0 Å². The summed E-state index contributed by atoms with van der Waals surface area (Å²) in [5.41, 5.74) is 3.53. The molecule has 0 fully saturated rings. The number of hydrogen-bond donors (Lipinski definition) is 0. The second-order valence-electron chi connectivity index (χ2n) is 5.56. The fourth-order valence-electron chi connectivity index (χ4n) is 2.66. The molecule has 0 radical (unpaired) electrons. The van der Waals surface area contributed by atoms with Crippen molar-refractivity contribution in [2.45, 2.75) is 13.1 Å². The molecule has 3 rings (SSSR count). The van der Waals surface area contributed by atoms with Crippen molar-refractivity contribution in [1.82, 2.24) is 4.98 Å². The van der Waals surface area contributed by atoms with Gasteiger partial charge in [-0.1, -0.05) is 6.07 Å². The van der Waals surface area contributed by atoms with Gasteiger partial charge in [0.1, 0.15) is 5.75 Å². The van der Waals surface area contributed by atoms with E-state index in [0.717, 1.165) is 16.9 Å². The zero-order valence-corrected chi connectivity index (χ0v) is 16.4. The summed E-state index contributed by atoms with van der Waals surface area (Å²) >= 11 is 3.66. The van der Waals surface area contributed by atoms with Crippen LogP contribution in [0.1, 0.15) is 16.8 Å². The molecule has 1 aromatic heterocycles. The summed E-state index contributed by atoms with van der Waals surface area (Å²) < 4.78 is 5.52.